The van der Waals surface area contributed by atoms with Gasteiger partial charge in [-0.05, 0) is 86.4 Å². The first kappa shape index (κ1) is 29.1. The van der Waals surface area contributed by atoms with Crippen molar-refractivity contribution < 1.29 is 18.7 Å². The van der Waals surface area contributed by atoms with Crippen LogP contribution >= 0.6 is 0 Å². The zero-order valence-electron chi connectivity index (χ0n) is 23.9. The third kappa shape index (κ3) is 7.11. The normalized spacial score (nSPS) is 12.9. The summed E-state index contributed by atoms with van der Waals surface area (Å²) in [6.45, 7) is 6.13. The molecule has 2 aliphatic carbocycles. The van der Waals surface area contributed by atoms with Crippen LogP contribution in [0.1, 0.15) is 35.2 Å². The highest BCUT2D eigenvalue weighted by Gasteiger charge is 2.16. The molecular weight excluding hydrogens is 538 g/mol. The Balaban J connectivity index is 0.000000180. The van der Waals surface area contributed by atoms with Crippen LogP contribution in [0.4, 0.5) is 0 Å². The highest BCUT2D eigenvalue weighted by Crippen LogP contribution is 2.26. The molecule has 43 heavy (non-hydrogen) atoms. The van der Waals surface area contributed by atoms with Crippen molar-refractivity contribution >= 4 is 22.5 Å². The predicted molar refractivity (Wildman–Crippen MR) is 169 cm³/mol. The van der Waals surface area contributed by atoms with Crippen LogP contribution in [0.3, 0.4) is 0 Å². The molecule has 0 saturated carbocycles. The van der Waals surface area contributed by atoms with Gasteiger partial charge in [0.15, 0.2) is 11.6 Å². The summed E-state index contributed by atoms with van der Waals surface area (Å²) in [5.74, 6) is 1.16. The van der Waals surface area contributed by atoms with Crippen LogP contribution in [0, 0.1) is 6.92 Å². The molecule has 0 radical (unpaired) electrons. The van der Waals surface area contributed by atoms with Gasteiger partial charge in [-0.25, -0.2) is 9.78 Å². The van der Waals surface area contributed by atoms with Crippen molar-refractivity contribution in [1.29, 1.82) is 0 Å². The van der Waals surface area contributed by atoms with E-state index in [1.807, 2.05) is 85.8 Å². The van der Waals surface area contributed by atoms with Crippen LogP contribution in [0.15, 0.2) is 142 Å². The Hall–Kier alpha value is -5.36. The minimum Gasteiger partial charge on any atom is -0.494 e. The number of Topliss-reactive ketones (excluding diaryl/α,β-unsaturated/α-hetero) is 1. The summed E-state index contributed by atoms with van der Waals surface area (Å²) in [7, 11) is 0. The monoisotopic (exact) mass is 569 g/mol. The van der Waals surface area contributed by atoms with E-state index in [2.05, 4.69) is 11.6 Å². The number of hydrogen-bond acceptors (Lipinski definition) is 6. The summed E-state index contributed by atoms with van der Waals surface area (Å²) in [4.78, 5) is 39.8. The van der Waals surface area contributed by atoms with Gasteiger partial charge in [0.05, 0.1) is 17.5 Å². The fourth-order valence-corrected chi connectivity index (χ4v) is 4.51. The van der Waals surface area contributed by atoms with Crippen molar-refractivity contribution in [3.05, 3.63) is 154 Å². The number of ether oxygens (including phenoxy) is 1. The molecule has 0 amide bonds. The van der Waals surface area contributed by atoms with Crippen LogP contribution in [-0.4, -0.2) is 23.2 Å². The number of allylic oxidation sites excluding steroid dienone is 9. The Morgan fingerprint density at radius 3 is 2.33 bits per heavy atom. The van der Waals surface area contributed by atoms with E-state index < -0.39 is 0 Å². The summed E-state index contributed by atoms with van der Waals surface area (Å²) >= 11 is 0. The Morgan fingerprint density at radius 2 is 1.67 bits per heavy atom. The number of aryl methyl sites for hydroxylation is 1. The SMILES string of the molecule is C=CC(=O)C1=CC=C1CCCCOc1ccc(C(=O)C2=CC=C2)cc1.Cc1ccc(-c2nc3ccccc3c(=O)o2)cc1. The first-order chi connectivity index (χ1) is 20.9. The first-order valence-corrected chi connectivity index (χ1v) is 14.1. The van der Waals surface area contributed by atoms with Crippen molar-refractivity contribution in [2.24, 2.45) is 0 Å². The number of rotatable bonds is 11. The average molecular weight is 570 g/mol. The van der Waals surface area contributed by atoms with E-state index in [1.54, 1.807) is 24.3 Å². The van der Waals surface area contributed by atoms with E-state index in [9.17, 15) is 14.4 Å². The van der Waals surface area contributed by atoms with Crippen LogP contribution < -0.4 is 10.4 Å². The first-order valence-electron chi connectivity index (χ1n) is 14.1. The minimum absolute atomic E-state index is 0.00320. The number of benzene rings is 3. The van der Waals surface area contributed by atoms with Gasteiger partial charge < -0.3 is 9.15 Å². The zero-order chi connectivity index (χ0) is 30.2. The second kappa shape index (κ2) is 13.5. The molecule has 3 aromatic carbocycles. The molecule has 0 atom stereocenters. The molecule has 1 heterocycles. The number of hydrogen-bond donors (Lipinski definition) is 0. The molecule has 0 saturated heterocycles. The Labute approximate surface area is 250 Å². The molecule has 0 fully saturated rings. The van der Waals surface area contributed by atoms with Crippen molar-refractivity contribution in [3.63, 3.8) is 0 Å². The van der Waals surface area contributed by atoms with Crippen molar-refractivity contribution in [2.75, 3.05) is 6.61 Å². The number of nitrogens with zero attached hydrogens (tertiary/aromatic N) is 1. The molecule has 0 spiro atoms. The van der Waals surface area contributed by atoms with E-state index in [0.717, 1.165) is 52.9 Å². The number of ketones is 2. The van der Waals surface area contributed by atoms with Crippen molar-refractivity contribution in [3.8, 4) is 17.2 Å². The van der Waals surface area contributed by atoms with Crippen LogP contribution in [-0.2, 0) is 4.79 Å². The average Bonchev–Trinajstić information content (AvgIpc) is 2.98. The van der Waals surface area contributed by atoms with Crippen LogP contribution in [0.25, 0.3) is 22.4 Å². The quantitative estimate of drug-likeness (QED) is 0.105. The van der Waals surface area contributed by atoms with Gasteiger partial charge in [-0.3, -0.25) is 9.59 Å². The molecule has 0 N–H and O–H groups in total. The molecule has 4 aromatic rings. The lowest BCUT2D eigenvalue weighted by Crippen LogP contribution is -2.08. The van der Waals surface area contributed by atoms with E-state index in [1.165, 1.54) is 6.08 Å². The number of aromatic nitrogens is 1. The van der Waals surface area contributed by atoms with Crippen LogP contribution in [0.2, 0.25) is 0 Å². The lowest BCUT2D eigenvalue weighted by molar-refractivity contribution is -0.111. The Kier molecular flexibility index (Phi) is 9.17. The summed E-state index contributed by atoms with van der Waals surface area (Å²) in [6, 6.07) is 22.1. The topological polar surface area (TPSA) is 86.5 Å². The number of carbonyl (C=O) groups is 2. The lowest BCUT2D eigenvalue weighted by atomic mass is 9.89. The molecule has 2 aliphatic rings. The number of carbonyl (C=O) groups excluding carboxylic acids is 2. The fourth-order valence-electron chi connectivity index (χ4n) is 4.51. The van der Waals surface area contributed by atoms with Gasteiger partial charge in [-0.1, -0.05) is 66.8 Å². The molecule has 0 bridgehead atoms. The third-order valence-electron chi connectivity index (χ3n) is 7.12. The van der Waals surface area contributed by atoms with Gasteiger partial charge in [-0.2, -0.15) is 0 Å². The van der Waals surface area contributed by atoms with E-state index >= 15 is 0 Å². The van der Waals surface area contributed by atoms with E-state index in [4.69, 9.17) is 9.15 Å². The molecule has 0 unspecified atom stereocenters. The van der Waals surface area contributed by atoms with Gasteiger partial charge in [0.2, 0.25) is 5.89 Å². The maximum atomic E-state index is 12.0. The largest absolute Gasteiger partial charge is 0.494 e. The summed E-state index contributed by atoms with van der Waals surface area (Å²) < 4.78 is 11.0. The second-order valence-electron chi connectivity index (χ2n) is 10.2. The molecule has 0 aliphatic heterocycles. The standard InChI is InChI=1S/C22H20O3.C15H11NO2/c1-2-21(23)20-14-11-16(20)6-3-4-15-25-19-12-9-18(10-13-19)22(24)17-7-5-8-17;1-10-6-8-11(9-7-10)14-16-13-5-3-2-4-12(13)15(17)18-14/h2,5,7-14H,1,3-4,6,15H2;2-9H,1H3. The summed E-state index contributed by atoms with van der Waals surface area (Å²) in [5, 5.41) is 0.508. The molecule has 6 nitrogen and oxygen atoms in total. The molecule has 6 heteroatoms. The number of fused-ring (bicyclic) bond motifs is 1. The van der Waals surface area contributed by atoms with Gasteiger partial charge >= 0.3 is 5.63 Å². The van der Waals surface area contributed by atoms with E-state index in [0.29, 0.717) is 29.0 Å². The molecular formula is C37H31NO5. The predicted octanol–water partition coefficient (Wildman–Crippen LogP) is 7.70. The minimum atomic E-state index is -0.351. The van der Waals surface area contributed by atoms with Gasteiger partial charge in [0, 0.05) is 22.3 Å². The van der Waals surface area contributed by atoms with Gasteiger partial charge in [-0.15, -0.1) is 0 Å². The number of para-hydroxylation sites is 1. The Morgan fingerprint density at radius 1 is 0.930 bits per heavy atom. The van der Waals surface area contributed by atoms with Gasteiger partial charge in [0.25, 0.3) is 0 Å². The summed E-state index contributed by atoms with van der Waals surface area (Å²) in [6.07, 6.45) is 13.4. The highest BCUT2D eigenvalue weighted by atomic mass is 16.5. The number of unbranched alkanes of at least 4 members (excludes halogenated alkanes) is 1. The molecule has 1 aromatic heterocycles. The van der Waals surface area contributed by atoms with Crippen molar-refractivity contribution in [1.82, 2.24) is 4.98 Å². The Bertz CT molecular complexity index is 1850. The van der Waals surface area contributed by atoms with E-state index in [-0.39, 0.29) is 17.2 Å². The second-order valence-corrected chi connectivity index (χ2v) is 10.2. The zero-order valence-corrected chi connectivity index (χ0v) is 23.9. The molecule has 214 valence electrons. The maximum Gasteiger partial charge on any atom is 0.347 e. The van der Waals surface area contributed by atoms with Crippen molar-refractivity contribution in [2.45, 2.75) is 26.2 Å². The summed E-state index contributed by atoms with van der Waals surface area (Å²) in [5.41, 5.74) is 5.57. The van der Waals surface area contributed by atoms with Gasteiger partial charge in [0.1, 0.15) is 5.75 Å². The fraction of sp³-hybridized carbons (Fsp3) is 0.135. The van der Waals surface area contributed by atoms with Crippen LogP contribution in [0.5, 0.6) is 5.75 Å². The highest BCUT2D eigenvalue weighted by molar-refractivity contribution is 6.12. The smallest absolute Gasteiger partial charge is 0.347 e. The maximum absolute atomic E-state index is 12.0. The lowest BCUT2D eigenvalue weighted by Gasteiger charge is -2.15. The molecule has 6 rings (SSSR count). The third-order valence-corrected chi connectivity index (χ3v) is 7.12.